The molecule has 1 atom stereocenters. The molecule has 7 nitrogen and oxygen atoms in total. The van der Waals surface area contributed by atoms with Crippen LogP contribution in [-0.4, -0.2) is 43.8 Å². The average Bonchev–Trinajstić information content (AvgIpc) is 3.08. The molecular weight excluding hydrogens is 724 g/mol. The van der Waals surface area contributed by atoms with Gasteiger partial charge in [0.1, 0.15) is 12.6 Å². The summed E-state index contributed by atoms with van der Waals surface area (Å²) in [4.78, 5) is 30.4. The molecule has 5 rings (SSSR count). The molecule has 1 aliphatic carbocycles. The maximum absolute atomic E-state index is 14.7. The second-order valence-electron chi connectivity index (χ2n) is 12.2. The first-order chi connectivity index (χ1) is 23.4. The number of amides is 2. The lowest BCUT2D eigenvalue weighted by Crippen LogP contribution is -2.55. The van der Waals surface area contributed by atoms with Crippen molar-refractivity contribution in [2.75, 3.05) is 10.8 Å². The molecule has 0 aliphatic heterocycles. The van der Waals surface area contributed by atoms with E-state index in [0.29, 0.717) is 15.6 Å². The monoisotopic (exact) mass is 759 g/mol. The average molecular weight is 762 g/mol. The number of rotatable bonds is 12. The Labute approximate surface area is 308 Å². The van der Waals surface area contributed by atoms with Crippen molar-refractivity contribution >= 4 is 73.9 Å². The molecule has 1 saturated carbocycles. The van der Waals surface area contributed by atoms with E-state index >= 15 is 0 Å². The molecule has 0 radical (unpaired) electrons. The Hall–Kier alpha value is -3.27. The fourth-order valence-corrected chi connectivity index (χ4v) is 8.10. The summed E-state index contributed by atoms with van der Waals surface area (Å²) in [6.45, 7) is 1.13. The number of benzene rings is 4. The van der Waals surface area contributed by atoms with Gasteiger partial charge in [0.05, 0.1) is 20.6 Å². The van der Waals surface area contributed by atoms with E-state index in [2.05, 4.69) is 5.32 Å². The molecule has 2 amide bonds. The Morgan fingerprint density at radius 2 is 1.51 bits per heavy atom. The van der Waals surface area contributed by atoms with E-state index < -0.39 is 28.5 Å². The lowest BCUT2D eigenvalue weighted by molar-refractivity contribution is -0.140. The van der Waals surface area contributed by atoms with Gasteiger partial charge in [-0.1, -0.05) is 120 Å². The number of hydrogen-bond acceptors (Lipinski definition) is 4. The number of hydrogen-bond donors (Lipinski definition) is 1. The largest absolute Gasteiger partial charge is 0.352 e. The molecule has 4 aromatic carbocycles. The van der Waals surface area contributed by atoms with Gasteiger partial charge in [-0.05, 0) is 73.4 Å². The molecule has 12 heteroatoms. The summed E-state index contributed by atoms with van der Waals surface area (Å²) in [5.41, 5.74) is 2.39. The fraction of sp³-hybridized carbons (Fsp3) is 0.297. The summed E-state index contributed by atoms with van der Waals surface area (Å²) in [7, 11) is -4.30. The van der Waals surface area contributed by atoms with Gasteiger partial charge in [0.15, 0.2) is 0 Å². The number of sulfonamides is 1. The Balaban J connectivity index is 1.59. The first kappa shape index (κ1) is 37.0. The second-order valence-corrected chi connectivity index (χ2v) is 15.7. The molecule has 0 heterocycles. The minimum Gasteiger partial charge on any atom is -0.352 e. The summed E-state index contributed by atoms with van der Waals surface area (Å²) < 4.78 is 29.5. The highest BCUT2D eigenvalue weighted by molar-refractivity contribution is 7.92. The third kappa shape index (κ3) is 9.50. The van der Waals surface area contributed by atoms with E-state index in [9.17, 15) is 18.0 Å². The summed E-state index contributed by atoms with van der Waals surface area (Å²) >= 11 is 25.4. The normalized spacial score (nSPS) is 14.2. The van der Waals surface area contributed by atoms with Gasteiger partial charge < -0.3 is 10.2 Å². The molecule has 0 bridgehead atoms. The van der Waals surface area contributed by atoms with Crippen LogP contribution in [0.1, 0.15) is 48.8 Å². The van der Waals surface area contributed by atoms with Crippen LogP contribution in [0.15, 0.2) is 95.9 Å². The van der Waals surface area contributed by atoms with Crippen LogP contribution < -0.4 is 9.62 Å². The molecule has 1 aliphatic rings. The van der Waals surface area contributed by atoms with Crippen LogP contribution in [0.4, 0.5) is 5.69 Å². The molecular formula is C37H37Cl4N3O4S. The minimum absolute atomic E-state index is 0.0138. The van der Waals surface area contributed by atoms with Gasteiger partial charge in [-0.3, -0.25) is 13.9 Å². The second kappa shape index (κ2) is 16.6. The number of nitrogens with zero attached hydrogens (tertiary/aromatic N) is 2. The quantitative estimate of drug-likeness (QED) is 0.156. The molecule has 49 heavy (non-hydrogen) atoms. The molecule has 0 saturated heterocycles. The molecule has 0 spiro atoms. The third-order valence-corrected chi connectivity index (χ3v) is 11.8. The maximum Gasteiger partial charge on any atom is 0.264 e. The fourth-order valence-electron chi connectivity index (χ4n) is 5.94. The molecule has 1 fully saturated rings. The molecule has 1 unspecified atom stereocenters. The Morgan fingerprint density at radius 3 is 2.16 bits per heavy atom. The highest BCUT2D eigenvalue weighted by Gasteiger charge is 2.36. The van der Waals surface area contributed by atoms with Crippen LogP contribution in [0, 0.1) is 6.92 Å². The van der Waals surface area contributed by atoms with Gasteiger partial charge in [0.2, 0.25) is 11.8 Å². The van der Waals surface area contributed by atoms with Crippen LogP contribution in [0.25, 0.3) is 0 Å². The van der Waals surface area contributed by atoms with Crippen molar-refractivity contribution in [3.05, 3.63) is 128 Å². The van der Waals surface area contributed by atoms with Crippen molar-refractivity contribution < 1.29 is 18.0 Å². The summed E-state index contributed by atoms with van der Waals surface area (Å²) in [6.07, 6.45) is 5.01. The lowest BCUT2D eigenvalue weighted by atomic mass is 9.94. The van der Waals surface area contributed by atoms with Crippen LogP contribution in [0.5, 0.6) is 0 Å². The molecule has 4 aromatic rings. The van der Waals surface area contributed by atoms with E-state index in [-0.39, 0.29) is 45.5 Å². The summed E-state index contributed by atoms with van der Waals surface area (Å²) in [5.74, 6) is -0.941. The lowest BCUT2D eigenvalue weighted by Gasteiger charge is -2.35. The molecule has 258 valence electrons. The van der Waals surface area contributed by atoms with Crippen LogP contribution in [0.2, 0.25) is 20.1 Å². The van der Waals surface area contributed by atoms with Crippen molar-refractivity contribution in [3.8, 4) is 0 Å². The van der Waals surface area contributed by atoms with Crippen molar-refractivity contribution in [1.29, 1.82) is 0 Å². The number of aryl methyl sites for hydroxylation is 1. The van der Waals surface area contributed by atoms with Crippen molar-refractivity contribution in [2.24, 2.45) is 0 Å². The number of carbonyl (C=O) groups excluding carboxylic acids is 2. The highest BCUT2D eigenvalue weighted by Crippen LogP contribution is 2.32. The van der Waals surface area contributed by atoms with Gasteiger partial charge in [0, 0.05) is 29.1 Å². The standard InChI is InChI=1S/C37H37Cl4N3O4S/c1-25-12-17-31(18-13-25)49(47,48)44(30-16-19-32(39)34(41)22-30)24-36(45)43(23-27-14-15-28(38)21-33(27)40)35(20-26-8-4-2-5-9-26)37(46)42-29-10-6-3-7-11-29/h2,4-5,8-9,12-19,21-22,29,35H,3,6-7,10-11,20,23-24H2,1H3,(H,42,46). The van der Waals surface area contributed by atoms with Gasteiger partial charge in [0.25, 0.3) is 10.0 Å². The molecule has 1 N–H and O–H groups in total. The topological polar surface area (TPSA) is 86.8 Å². The van der Waals surface area contributed by atoms with Crippen molar-refractivity contribution in [2.45, 2.75) is 69.0 Å². The number of nitrogens with one attached hydrogen (secondary N) is 1. The highest BCUT2D eigenvalue weighted by atomic mass is 35.5. The predicted octanol–water partition coefficient (Wildman–Crippen LogP) is 8.89. The van der Waals surface area contributed by atoms with Gasteiger partial charge in [-0.25, -0.2) is 8.42 Å². The Morgan fingerprint density at radius 1 is 0.816 bits per heavy atom. The number of carbonyl (C=O) groups is 2. The first-order valence-electron chi connectivity index (χ1n) is 16.0. The minimum atomic E-state index is -4.30. The molecule has 0 aromatic heterocycles. The van der Waals surface area contributed by atoms with E-state index in [1.54, 1.807) is 30.3 Å². The van der Waals surface area contributed by atoms with E-state index in [0.717, 1.165) is 47.5 Å². The predicted molar refractivity (Wildman–Crippen MR) is 198 cm³/mol. The SMILES string of the molecule is Cc1ccc(S(=O)(=O)N(CC(=O)N(Cc2ccc(Cl)cc2Cl)C(Cc2ccccc2)C(=O)NC2CCCCC2)c2ccc(Cl)c(Cl)c2)cc1. The van der Waals surface area contributed by atoms with E-state index in [1.807, 2.05) is 37.3 Å². The Kier molecular flexibility index (Phi) is 12.6. The van der Waals surface area contributed by atoms with Crippen LogP contribution in [0.3, 0.4) is 0 Å². The smallest absolute Gasteiger partial charge is 0.264 e. The number of anilines is 1. The van der Waals surface area contributed by atoms with Crippen LogP contribution in [-0.2, 0) is 32.6 Å². The van der Waals surface area contributed by atoms with Gasteiger partial charge in [-0.2, -0.15) is 0 Å². The van der Waals surface area contributed by atoms with Gasteiger partial charge in [-0.15, -0.1) is 0 Å². The van der Waals surface area contributed by atoms with Gasteiger partial charge >= 0.3 is 0 Å². The zero-order valence-electron chi connectivity index (χ0n) is 26.9. The maximum atomic E-state index is 14.7. The zero-order chi connectivity index (χ0) is 35.1. The first-order valence-corrected chi connectivity index (χ1v) is 19.0. The van der Waals surface area contributed by atoms with E-state index in [1.165, 1.54) is 35.2 Å². The zero-order valence-corrected chi connectivity index (χ0v) is 30.8. The summed E-state index contributed by atoms with van der Waals surface area (Å²) in [5, 5.41) is 4.27. The summed E-state index contributed by atoms with van der Waals surface area (Å²) in [6, 6.07) is 24.0. The third-order valence-electron chi connectivity index (χ3n) is 8.66. The Bertz CT molecular complexity index is 1890. The van der Waals surface area contributed by atoms with Crippen LogP contribution >= 0.6 is 46.4 Å². The van der Waals surface area contributed by atoms with E-state index in [4.69, 9.17) is 46.4 Å². The number of halogens is 4. The van der Waals surface area contributed by atoms with Crippen molar-refractivity contribution in [1.82, 2.24) is 10.2 Å². The van der Waals surface area contributed by atoms with Crippen molar-refractivity contribution in [3.63, 3.8) is 0 Å².